The van der Waals surface area contributed by atoms with E-state index in [0.717, 1.165) is 12.8 Å². The Morgan fingerprint density at radius 3 is 2.48 bits per heavy atom. The van der Waals surface area contributed by atoms with E-state index in [0.29, 0.717) is 54.4 Å². The summed E-state index contributed by atoms with van der Waals surface area (Å²) >= 11 is 11.8. The van der Waals surface area contributed by atoms with Crippen molar-refractivity contribution in [2.24, 2.45) is 4.99 Å². The Hall–Kier alpha value is -2.19. The number of carbonyl (C=O) groups is 2. The number of halogens is 2. The molecule has 0 aliphatic carbocycles. The van der Waals surface area contributed by atoms with Gasteiger partial charge in [0.15, 0.2) is 5.96 Å². The summed E-state index contributed by atoms with van der Waals surface area (Å²) in [6.45, 7) is 4.40. The van der Waals surface area contributed by atoms with Crippen molar-refractivity contribution >= 4 is 41.2 Å². The summed E-state index contributed by atoms with van der Waals surface area (Å²) in [5, 5.41) is 10.1. The molecule has 0 bridgehead atoms. The number of nitrogens with zero attached hydrogens (tertiary/aromatic N) is 2. The average Bonchev–Trinajstić information content (AvgIpc) is 2.72. The molecule has 0 saturated carbocycles. The summed E-state index contributed by atoms with van der Waals surface area (Å²) in [6, 6.07) is 4.98. The Balaban J connectivity index is 1.68. The van der Waals surface area contributed by atoms with Crippen molar-refractivity contribution in [2.45, 2.75) is 25.8 Å². The number of amides is 2. The fourth-order valence-corrected chi connectivity index (χ4v) is 3.20. The highest BCUT2D eigenvalue weighted by Crippen LogP contribution is 2.22. The fraction of sp³-hybridized carbons (Fsp3) is 0.526. The molecule has 1 aliphatic heterocycles. The van der Waals surface area contributed by atoms with Crippen LogP contribution < -0.4 is 16.0 Å². The van der Waals surface area contributed by atoms with Crippen LogP contribution in [0.25, 0.3) is 0 Å². The Kier molecular flexibility index (Phi) is 9.34. The highest BCUT2D eigenvalue weighted by molar-refractivity contribution is 6.42. The predicted molar refractivity (Wildman–Crippen MR) is 115 cm³/mol. The van der Waals surface area contributed by atoms with Gasteiger partial charge in [-0.05, 0) is 38.0 Å². The number of hydrogen-bond donors (Lipinski definition) is 3. The van der Waals surface area contributed by atoms with E-state index in [2.05, 4.69) is 20.9 Å². The molecule has 1 heterocycles. The lowest BCUT2D eigenvalue weighted by Gasteiger charge is -2.32. The SMILES string of the molecule is CCOC(=O)N1CCC(NC(=NC)NCCNC(=O)c2ccc(Cl)c(Cl)c2)CC1. The molecule has 1 aromatic rings. The van der Waals surface area contributed by atoms with Gasteiger partial charge in [0.1, 0.15) is 0 Å². The van der Waals surface area contributed by atoms with E-state index in [1.807, 2.05) is 0 Å². The minimum absolute atomic E-state index is 0.220. The van der Waals surface area contributed by atoms with Crippen LogP contribution in [0.2, 0.25) is 10.0 Å². The zero-order valence-electron chi connectivity index (χ0n) is 16.6. The lowest BCUT2D eigenvalue weighted by Crippen LogP contribution is -2.50. The first-order valence-corrected chi connectivity index (χ1v) is 10.3. The first-order valence-electron chi connectivity index (χ1n) is 9.56. The summed E-state index contributed by atoms with van der Waals surface area (Å²) in [5.41, 5.74) is 0.454. The third-order valence-corrected chi connectivity index (χ3v) is 5.21. The molecule has 8 nitrogen and oxygen atoms in total. The van der Waals surface area contributed by atoms with E-state index in [-0.39, 0.29) is 18.0 Å². The van der Waals surface area contributed by atoms with Gasteiger partial charge in [0.05, 0.1) is 16.7 Å². The second-order valence-electron chi connectivity index (χ2n) is 6.49. The molecule has 0 atom stereocenters. The monoisotopic (exact) mass is 443 g/mol. The van der Waals surface area contributed by atoms with Crippen LogP contribution >= 0.6 is 23.2 Å². The van der Waals surface area contributed by atoms with Gasteiger partial charge < -0.3 is 25.6 Å². The van der Waals surface area contributed by atoms with E-state index in [9.17, 15) is 9.59 Å². The highest BCUT2D eigenvalue weighted by Gasteiger charge is 2.24. The molecule has 0 aromatic heterocycles. The Morgan fingerprint density at radius 1 is 1.17 bits per heavy atom. The Morgan fingerprint density at radius 2 is 1.86 bits per heavy atom. The van der Waals surface area contributed by atoms with Gasteiger partial charge >= 0.3 is 6.09 Å². The molecule has 29 heavy (non-hydrogen) atoms. The number of hydrogen-bond acceptors (Lipinski definition) is 4. The van der Waals surface area contributed by atoms with Crippen LogP contribution in [0, 0.1) is 0 Å². The zero-order chi connectivity index (χ0) is 21.2. The quantitative estimate of drug-likeness (QED) is 0.356. The van der Waals surface area contributed by atoms with Crippen LogP contribution in [-0.4, -0.2) is 68.7 Å². The van der Waals surface area contributed by atoms with Gasteiger partial charge in [-0.1, -0.05) is 23.2 Å². The van der Waals surface area contributed by atoms with Gasteiger partial charge in [0, 0.05) is 44.8 Å². The molecule has 2 rings (SSSR count). The normalized spacial score (nSPS) is 15.0. The summed E-state index contributed by atoms with van der Waals surface area (Å²) in [7, 11) is 1.69. The van der Waals surface area contributed by atoms with E-state index < -0.39 is 0 Å². The van der Waals surface area contributed by atoms with E-state index in [4.69, 9.17) is 27.9 Å². The van der Waals surface area contributed by atoms with Crippen molar-refractivity contribution < 1.29 is 14.3 Å². The standard InChI is InChI=1S/C19H27Cl2N5O3/c1-3-29-19(28)26-10-6-14(7-11-26)25-18(22-2)24-9-8-23-17(27)13-4-5-15(20)16(21)12-13/h4-5,12,14H,3,6-11H2,1-2H3,(H,23,27)(H2,22,24,25). The molecule has 1 fully saturated rings. The molecule has 0 unspecified atom stereocenters. The molecular weight excluding hydrogens is 417 g/mol. The van der Waals surface area contributed by atoms with Crippen LogP contribution in [0.5, 0.6) is 0 Å². The summed E-state index contributed by atoms with van der Waals surface area (Å²) in [4.78, 5) is 29.8. The predicted octanol–water partition coefficient (Wildman–Crippen LogP) is 2.51. The van der Waals surface area contributed by atoms with E-state index >= 15 is 0 Å². The van der Waals surface area contributed by atoms with E-state index in [1.165, 1.54) is 6.07 Å². The maximum absolute atomic E-state index is 12.1. The van der Waals surface area contributed by atoms with Gasteiger partial charge in [0.25, 0.3) is 5.91 Å². The molecule has 1 aromatic carbocycles. The maximum Gasteiger partial charge on any atom is 0.409 e. The Labute approximate surface area is 181 Å². The minimum Gasteiger partial charge on any atom is -0.450 e. The van der Waals surface area contributed by atoms with Crippen molar-refractivity contribution in [1.82, 2.24) is 20.9 Å². The first kappa shape index (κ1) is 23.1. The van der Waals surface area contributed by atoms with Crippen molar-refractivity contribution in [2.75, 3.05) is 39.8 Å². The summed E-state index contributed by atoms with van der Waals surface area (Å²) in [6.07, 6.45) is 1.37. The lowest BCUT2D eigenvalue weighted by atomic mass is 10.1. The maximum atomic E-state index is 12.1. The molecule has 0 spiro atoms. The topological polar surface area (TPSA) is 95.1 Å². The number of ether oxygens (including phenoxy) is 1. The number of likely N-dealkylation sites (tertiary alicyclic amines) is 1. The second-order valence-corrected chi connectivity index (χ2v) is 7.30. The molecule has 1 saturated heterocycles. The number of nitrogens with one attached hydrogen (secondary N) is 3. The van der Waals surface area contributed by atoms with Crippen LogP contribution in [0.1, 0.15) is 30.1 Å². The molecule has 10 heteroatoms. The number of guanidine groups is 1. The van der Waals surface area contributed by atoms with Crippen molar-refractivity contribution in [3.8, 4) is 0 Å². The first-order chi connectivity index (χ1) is 13.9. The third-order valence-electron chi connectivity index (χ3n) is 4.47. The number of piperidine rings is 1. The highest BCUT2D eigenvalue weighted by atomic mass is 35.5. The fourth-order valence-electron chi connectivity index (χ4n) is 2.91. The van der Waals surface area contributed by atoms with Crippen molar-refractivity contribution in [3.63, 3.8) is 0 Å². The third kappa shape index (κ3) is 7.29. The second kappa shape index (κ2) is 11.7. The molecule has 3 N–H and O–H groups in total. The molecule has 1 aliphatic rings. The number of carbonyl (C=O) groups excluding carboxylic acids is 2. The van der Waals surface area contributed by atoms with Crippen LogP contribution in [0.4, 0.5) is 4.79 Å². The molecule has 160 valence electrons. The van der Waals surface area contributed by atoms with Gasteiger partial charge in [-0.2, -0.15) is 0 Å². The Bertz CT molecular complexity index is 737. The smallest absolute Gasteiger partial charge is 0.409 e. The van der Waals surface area contributed by atoms with Crippen LogP contribution in [0.3, 0.4) is 0 Å². The largest absolute Gasteiger partial charge is 0.450 e. The lowest BCUT2D eigenvalue weighted by molar-refractivity contribution is 0.0948. The van der Waals surface area contributed by atoms with Gasteiger partial charge in [-0.3, -0.25) is 9.79 Å². The molecule has 0 radical (unpaired) electrons. The van der Waals surface area contributed by atoms with Crippen LogP contribution in [0.15, 0.2) is 23.2 Å². The zero-order valence-corrected chi connectivity index (χ0v) is 18.1. The van der Waals surface area contributed by atoms with Crippen LogP contribution in [-0.2, 0) is 4.74 Å². The summed E-state index contributed by atoms with van der Waals surface area (Å²) in [5.74, 6) is 0.433. The molecular formula is C19H27Cl2N5O3. The number of benzene rings is 1. The average molecular weight is 444 g/mol. The van der Waals surface area contributed by atoms with Gasteiger partial charge in [0.2, 0.25) is 0 Å². The van der Waals surface area contributed by atoms with Crippen molar-refractivity contribution in [1.29, 1.82) is 0 Å². The number of rotatable bonds is 6. The molecule has 2 amide bonds. The van der Waals surface area contributed by atoms with Gasteiger partial charge in [-0.15, -0.1) is 0 Å². The van der Waals surface area contributed by atoms with E-state index in [1.54, 1.807) is 31.0 Å². The number of aliphatic imine (C=N–C) groups is 1. The van der Waals surface area contributed by atoms with Gasteiger partial charge in [-0.25, -0.2) is 4.79 Å². The van der Waals surface area contributed by atoms with Crippen molar-refractivity contribution in [3.05, 3.63) is 33.8 Å². The summed E-state index contributed by atoms with van der Waals surface area (Å²) < 4.78 is 5.03. The minimum atomic E-state index is -0.258.